The van der Waals surface area contributed by atoms with Crippen LogP contribution in [0.25, 0.3) is 16.7 Å². The number of fused-ring (bicyclic) bond motifs is 1. The summed E-state index contributed by atoms with van der Waals surface area (Å²) in [6.07, 6.45) is 3.61. The van der Waals surface area contributed by atoms with Gasteiger partial charge in [0.25, 0.3) is 0 Å². The first-order valence-corrected chi connectivity index (χ1v) is 10.4. The van der Waals surface area contributed by atoms with Crippen molar-refractivity contribution in [2.75, 3.05) is 6.61 Å². The van der Waals surface area contributed by atoms with E-state index in [2.05, 4.69) is 20.1 Å². The molecule has 0 aliphatic heterocycles. The van der Waals surface area contributed by atoms with Crippen LogP contribution in [0.1, 0.15) is 35.6 Å². The van der Waals surface area contributed by atoms with Crippen LogP contribution in [0, 0.1) is 37.8 Å². The molecule has 166 valence electrons. The average molecular weight is 456 g/mol. The van der Waals surface area contributed by atoms with E-state index >= 15 is 0 Å². The number of nitro groups is 1. The molecular formula is C21H22ClN7O3. The molecule has 32 heavy (non-hydrogen) atoms. The van der Waals surface area contributed by atoms with Crippen LogP contribution in [0.5, 0.6) is 5.88 Å². The molecule has 4 rings (SSSR count). The molecule has 4 aromatic rings. The smallest absolute Gasteiger partial charge is 0.353 e. The van der Waals surface area contributed by atoms with Crippen LogP contribution in [0.3, 0.4) is 0 Å². The monoisotopic (exact) mass is 455 g/mol. The van der Waals surface area contributed by atoms with Gasteiger partial charge in [0, 0.05) is 23.5 Å². The molecule has 0 aliphatic rings. The Hall–Kier alpha value is -3.53. The molecule has 0 aromatic carbocycles. The minimum Gasteiger partial charge on any atom is -0.470 e. The molecule has 0 saturated heterocycles. The number of hydrogen-bond donors (Lipinski definition) is 0. The summed E-state index contributed by atoms with van der Waals surface area (Å²) in [4.78, 5) is 24.1. The standard InChI is InChI=1S/C21H22ClN7O3/c1-11-9-27(19-16(11)8-23-21(22)25-19)13(3)10-32-20-18(29(30)31)15(5)28(26-20)17-7-6-12(2)24-14(17)4/h6-9,13H,10H2,1-5H3. The average Bonchev–Trinajstić information content (AvgIpc) is 3.23. The third kappa shape index (κ3) is 3.77. The van der Waals surface area contributed by atoms with Gasteiger partial charge in [0.1, 0.15) is 17.9 Å². The maximum absolute atomic E-state index is 11.8. The van der Waals surface area contributed by atoms with Crippen LogP contribution >= 0.6 is 11.6 Å². The van der Waals surface area contributed by atoms with E-state index in [1.165, 1.54) is 4.68 Å². The number of rotatable bonds is 6. The van der Waals surface area contributed by atoms with Crippen molar-refractivity contribution in [3.05, 3.63) is 62.6 Å². The molecule has 1 unspecified atom stereocenters. The zero-order valence-electron chi connectivity index (χ0n) is 18.3. The van der Waals surface area contributed by atoms with Gasteiger partial charge in [-0.2, -0.15) is 4.98 Å². The van der Waals surface area contributed by atoms with Crippen LogP contribution in [0.4, 0.5) is 5.69 Å². The molecule has 0 bridgehead atoms. The summed E-state index contributed by atoms with van der Waals surface area (Å²) in [5, 5.41) is 17.2. The van der Waals surface area contributed by atoms with Gasteiger partial charge in [-0.05, 0) is 63.9 Å². The van der Waals surface area contributed by atoms with E-state index in [-0.39, 0.29) is 29.5 Å². The van der Waals surface area contributed by atoms with Gasteiger partial charge in [0.2, 0.25) is 5.28 Å². The highest BCUT2D eigenvalue weighted by molar-refractivity contribution is 6.28. The van der Waals surface area contributed by atoms with Gasteiger partial charge in [-0.25, -0.2) is 9.67 Å². The van der Waals surface area contributed by atoms with E-state index in [4.69, 9.17) is 16.3 Å². The van der Waals surface area contributed by atoms with Crippen LogP contribution in [-0.2, 0) is 0 Å². The fourth-order valence-corrected chi connectivity index (χ4v) is 3.82. The van der Waals surface area contributed by atoms with Gasteiger partial charge < -0.3 is 9.30 Å². The second kappa shape index (κ2) is 8.19. The number of ether oxygens (including phenoxy) is 1. The number of hydrogen-bond acceptors (Lipinski definition) is 7. The molecular weight excluding hydrogens is 434 g/mol. The first-order chi connectivity index (χ1) is 15.2. The Balaban J connectivity index is 1.66. The SMILES string of the molecule is Cc1ccc(-n2nc(OCC(C)n3cc(C)c4cnc(Cl)nc43)c([N+](=O)[O-])c2C)c(C)n1. The first-order valence-electron chi connectivity index (χ1n) is 9.98. The summed E-state index contributed by atoms with van der Waals surface area (Å²) in [7, 11) is 0. The van der Waals surface area contributed by atoms with E-state index in [1.54, 1.807) is 13.1 Å². The molecule has 0 radical (unpaired) electrons. The highest BCUT2D eigenvalue weighted by Crippen LogP contribution is 2.33. The lowest BCUT2D eigenvalue weighted by Crippen LogP contribution is -2.14. The first kappa shape index (κ1) is 21.7. The van der Waals surface area contributed by atoms with E-state index in [0.29, 0.717) is 17.0 Å². The summed E-state index contributed by atoms with van der Waals surface area (Å²) in [5.41, 5.74) is 4.11. The largest absolute Gasteiger partial charge is 0.470 e. The van der Waals surface area contributed by atoms with Gasteiger partial charge in [0.15, 0.2) is 0 Å². The van der Waals surface area contributed by atoms with E-state index in [9.17, 15) is 10.1 Å². The molecule has 0 saturated carbocycles. The van der Waals surface area contributed by atoms with E-state index in [0.717, 1.165) is 22.3 Å². The Kier molecular flexibility index (Phi) is 5.55. The second-order valence-electron chi connectivity index (χ2n) is 7.72. The van der Waals surface area contributed by atoms with Gasteiger partial charge in [-0.3, -0.25) is 15.1 Å². The number of nitrogens with zero attached hydrogens (tertiary/aromatic N) is 7. The maximum Gasteiger partial charge on any atom is 0.353 e. The van der Waals surface area contributed by atoms with Crippen LogP contribution in [-0.4, -0.2) is 40.8 Å². The summed E-state index contributed by atoms with van der Waals surface area (Å²) >= 11 is 5.97. The van der Waals surface area contributed by atoms with Crippen molar-refractivity contribution in [3.63, 3.8) is 0 Å². The predicted octanol–water partition coefficient (Wildman–Crippen LogP) is 4.45. The Morgan fingerprint density at radius 3 is 2.66 bits per heavy atom. The molecule has 0 amide bonds. The Morgan fingerprint density at radius 2 is 1.97 bits per heavy atom. The van der Waals surface area contributed by atoms with Crippen molar-refractivity contribution in [1.29, 1.82) is 0 Å². The van der Waals surface area contributed by atoms with Gasteiger partial charge in [0.05, 0.1) is 22.3 Å². The van der Waals surface area contributed by atoms with Crippen LogP contribution < -0.4 is 4.74 Å². The topological polar surface area (TPSA) is 114 Å². The van der Waals surface area contributed by atoms with E-state index in [1.807, 2.05) is 50.6 Å². The van der Waals surface area contributed by atoms with Gasteiger partial charge in [-0.15, -0.1) is 5.10 Å². The maximum atomic E-state index is 11.8. The predicted molar refractivity (Wildman–Crippen MR) is 120 cm³/mol. The lowest BCUT2D eigenvalue weighted by molar-refractivity contribution is -0.386. The highest BCUT2D eigenvalue weighted by atomic mass is 35.5. The lowest BCUT2D eigenvalue weighted by Gasteiger charge is -2.14. The minimum atomic E-state index is -0.474. The van der Waals surface area contributed by atoms with Crippen LogP contribution in [0.15, 0.2) is 24.5 Å². The third-order valence-corrected chi connectivity index (χ3v) is 5.52. The molecule has 4 aromatic heterocycles. The molecule has 10 nitrogen and oxygen atoms in total. The quantitative estimate of drug-likeness (QED) is 0.239. The molecule has 0 N–H and O–H groups in total. The fourth-order valence-electron chi connectivity index (χ4n) is 3.70. The third-order valence-electron chi connectivity index (χ3n) is 5.34. The molecule has 1 atom stereocenters. The molecule has 0 fully saturated rings. The number of aryl methyl sites for hydroxylation is 3. The molecule has 0 spiro atoms. The zero-order valence-corrected chi connectivity index (χ0v) is 19.1. The number of pyridine rings is 1. The van der Waals surface area contributed by atoms with Crippen molar-refractivity contribution >= 4 is 28.3 Å². The molecule has 11 heteroatoms. The summed E-state index contributed by atoms with van der Waals surface area (Å²) in [6.45, 7) is 9.39. The fraction of sp³-hybridized carbons (Fsp3) is 0.333. The lowest BCUT2D eigenvalue weighted by atomic mass is 10.2. The second-order valence-corrected chi connectivity index (χ2v) is 8.06. The van der Waals surface area contributed by atoms with Gasteiger partial charge >= 0.3 is 11.6 Å². The summed E-state index contributed by atoms with van der Waals surface area (Å²) < 4.78 is 9.28. The van der Waals surface area contributed by atoms with Crippen molar-refractivity contribution in [2.45, 2.75) is 40.7 Å². The number of aromatic nitrogens is 6. The minimum absolute atomic E-state index is 0.0415. The van der Waals surface area contributed by atoms with Gasteiger partial charge in [-0.1, -0.05) is 0 Å². The number of halogens is 1. The Labute approximate surface area is 189 Å². The summed E-state index contributed by atoms with van der Waals surface area (Å²) in [6, 6.07) is 3.49. The van der Waals surface area contributed by atoms with Crippen molar-refractivity contribution in [2.24, 2.45) is 0 Å². The molecule has 4 heterocycles. The Bertz CT molecular complexity index is 1350. The van der Waals surface area contributed by atoms with Crippen LogP contribution in [0.2, 0.25) is 5.28 Å². The zero-order chi connectivity index (χ0) is 23.2. The van der Waals surface area contributed by atoms with Crippen molar-refractivity contribution in [1.82, 2.24) is 29.3 Å². The van der Waals surface area contributed by atoms with E-state index < -0.39 is 4.92 Å². The highest BCUT2D eigenvalue weighted by Gasteiger charge is 2.28. The molecule has 0 aliphatic carbocycles. The Morgan fingerprint density at radius 1 is 1.22 bits per heavy atom. The normalized spacial score (nSPS) is 12.3. The van der Waals surface area contributed by atoms with Crippen molar-refractivity contribution < 1.29 is 9.66 Å². The van der Waals surface area contributed by atoms with Crippen molar-refractivity contribution in [3.8, 4) is 11.6 Å². The summed E-state index contributed by atoms with van der Waals surface area (Å²) in [5.74, 6) is -0.0415.